The minimum Gasteiger partial charge on any atom is -0.353 e. The Morgan fingerprint density at radius 1 is 1.08 bits per heavy atom. The maximum Gasteiger partial charge on any atom is 0.230 e. The highest BCUT2D eigenvalue weighted by Crippen LogP contribution is 2.33. The Morgan fingerprint density at radius 2 is 1.77 bits per heavy atom. The average Bonchev–Trinajstić information content (AvgIpc) is 3.52. The maximum atomic E-state index is 12.2. The Hall–Kier alpha value is -2.40. The van der Waals surface area contributed by atoms with Crippen LogP contribution in [-0.2, 0) is 4.79 Å². The van der Waals surface area contributed by atoms with Gasteiger partial charge in [0.15, 0.2) is 0 Å². The van der Waals surface area contributed by atoms with E-state index in [9.17, 15) is 4.79 Å². The van der Waals surface area contributed by atoms with Gasteiger partial charge in [-0.2, -0.15) is 0 Å². The first-order valence-electron chi connectivity index (χ1n) is 8.95. The van der Waals surface area contributed by atoms with Crippen LogP contribution in [0.3, 0.4) is 0 Å². The van der Waals surface area contributed by atoms with E-state index in [0.29, 0.717) is 11.7 Å². The fourth-order valence-electron chi connectivity index (χ4n) is 3.14. The van der Waals surface area contributed by atoms with Gasteiger partial charge in [-0.05, 0) is 25.7 Å². The van der Waals surface area contributed by atoms with E-state index in [4.69, 9.17) is 0 Å². The second-order valence-corrected chi connectivity index (χ2v) is 7.71. The molecular formula is C21H21N3OS. The quantitative estimate of drug-likeness (QED) is 0.663. The van der Waals surface area contributed by atoms with Crippen LogP contribution in [0.2, 0.25) is 0 Å². The first kappa shape index (κ1) is 17.0. The van der Waals surface area contributed by atoms with Crippen LogP contribution >= 0.6 is 11.8 Å². The van der Waals surface area contributed by atoms with Crippen molar-refractivity contribution in [1.82, 2.24) is 15.5 Å². The molecule has 1 atom stereocenters. The predicted molar refractivity (Wildman–Crippen MR) is 106 cm³/mol. The number of amides is 1. The number of aromatic nitrogens is 2. The molecule has 1 aliphatic carbocycles. The van der Waals surface area contributed by atoms with Gasteiger partial charge in [0, 0.05) is 22.4 Å². The molecule has 4 rings (SSSR count). The minimum absolute atomic E-state index is 0.0624. The summed E-state index contributed by atoms with van der Waals surface area (Å²) in [5, 5.41) is 14.9. The zero-order valence-corrected chi connectivity index (χ0v) is 15.5. The Labute approximate surface area is 157 Å². The van der Waals surface area contributed by atoms with E-state index >= 15 is 0 Å². The molecular weight excluding hydrogens is 342 g/mol. The molecule has 0 aliphatic heterocycles. The highest BCUT2D eigenvalue weighted by atomic mass is 32.2. The highest BCUT2D eigenvalue weighted by Gasteiger charge is 2.28. The Balaban J connectivity index is 1.55. The summed E-state index contributed by atoms with van der Waals surface area (Å²) in [6.45, 7) is 2.09. The third-order valence-corrected chi connectivity index (χ3v) is 5.74. The monoisotopic (exact) mass is 363 g/mol. The number of rotatable bonds is 6. The first-order chi connectivity index (χ1) is 12.7. The molecule has 1 heterocycles. The van der Waals surface area contributed by atoms with Crippen molar-refractivity contribution < 1.29 is 4.79 Å². The van der Waals surface area contributed by atoms with Crippen LogP contribution < -0.4 is 5.32 Å². The summed E-state index contributed by atoms with van der Waals surface area (Å²) in [6.07, 6.45) is 2.46. The number of benzene rings is 2. The normalized spacial score (nSPS) is 15.0. The molecule has 2 aromatic carbocycles. The molecule has 1 saturated carbocycles. The molecule has 5 heteroatoms. The van der Waals surface area contributed by atoms with Crippen molar-refractivity contribution in [3.8, 4) is 11.3 Å². The van der Waals surface area contributed by atoms with Crippen LogP contribution in [-0.4, -0.2) is 27.9 Å². The number of thioether (sulfide) groups is 1. The van der Waals surface area contributed by atoms with E-state index in [0.717, 1.165) is 27.1 Å². The lowest BCUT2D eigenvalue weighted by molar-refractivity contribution is -0.119. The van der Waals surface area contributed by atoms with E-state index < -0.39 is 0 Å². The number of nitrogens with one attached hydrogen (secondary N) is 1. The summed E-state index contributed by atoms with van der Waals surface area (Å²) in [4.78, 5) is 12.2. The van der Waals surface area contributed by atoms with Crippen molar-refractivity contribution in [2.45, 2.75) is 30.8 Å². The van der Waals surface area contributed by atoms with E-state index in [2.05, 4.69) is 28.5 Å². The summed E-state index contributed by atoms with van der Waals surface area (Å²) in [7, 11) is 0. The van der Waals surface area contributed by atoms with Crippen molar-refractivity contribution in [3.63, 3.8) is 0 Å². The smallest absolute Gasteiger partial charge is 0.230 e. The fourth-order valence-corrected chi connectivity index (χ4v) is 3.92. The van der Waals surface area contributed by atoms with Crippen molar-refractivity contribution in [1.29, 1.82) is 0 Å². The van der Waals surface area contributed by atoms with E-state index in [1.807, 2.05) is 48.5 Å². The van der Waals surface area contributed by atoms with Gasteiger partial charge < -0.3 is 5.32 Å². The third kappa shape index (κ3) is 3.73. The molecule has 3 aromatic rings. The number of hydrogen-bond acceptors (Lipinski definition) is 4. The molecule has 0 radical (unpaired) electrons. The zero-order chi connectivity index (χ0) is 17.9. The summed E-state index contributed by atoms with van der Waals surface area (Å²) in [6, 6.07) is 18.4. The molecule has 1 fully saturated rings. The van der Waals surface area contributed by atoms with Gasteiger partial charge in [-0.25, -0.2) is 0 Å². The number of hydrogen-bond donors (Lipinski definition) is 1. The van der Waals surface area contributed by atoms with Crippen molar-refractivity contribution in [2.75, 3.05) is 5.75 Å². The largest absolute Gasteiger partial charge is 0.353 e. The van der Waals surface area contributed by atoms with Crippen molar-refractivity contribution >= 4 is 28.4 Å². The summed E-state index contributed by atoms with van der Waals surface area (Å²) >= 11 is 1.45. The molecule has 26 heavy (non-hydrogen) atoms. The van der Waals surface area contributed by atoms with Crippen LogP contribution in [0.1, 0.15) is 19.8 Å². The lowest BCUT2D eigenvalue weighted by atomic mass is 10.1. The van der Waals surface area contributed by atoms with Gasteiger partial charge in [0.05, 0.1) is 5.75 Å². The standard InChI is InChI=1S/C21H21N3OS/c1-14(15-11-12-15)22-19(25)13-26-21-18-10-6-5-9-17(18)20(23-24-21)16-7-3-2-4-8-16/h2-10,14-15H,11-13H2,1H3,(H,22,25)/t14-/m1/s1. The second kappa shape index (κ2) is 7.46. The van der Waals surface area contributed by atoms with Crippen LogP contribution in [0.25, 0.3) is 22.0 Å². The Kier molecular flexibility index (Phi) is 4.89. The topological polar surface area (TPSA) is 54.9 Å². The van der Waals surface area contributed by atoms with Crippen LogP contribution in [0, 0.1) is 5.92 Å². The molecule has 1 N–H and O–H groups in total. The van der Waals surface area contributed by atoms with E-state index in [1.54, 1.807) is 0 Å². The third-order valence-electron chi connectivity index (χ3n) is 4.76. The van der Waals surface area contributed by atoms with Gasteiger partial charge in [-0.1, -0.05) is 66.4 Å². The van der Waals surface area contributed by atoms with Crippen LogP contribution in [0.15, 0.2) is 59.6 Å². The molecule has 0 bridgehead atoms. The molecule has 1 aliphatic rings. The number of carbonyl (C=O) groups excluding carboxylic acids is 1. The van der Waals surface area contributed by atoms with E-state index in [-0.39, 0.29) is 11.9 Å². The Bertz CT molecular complexity index is 925. The van der Waals surface area contributed by atoms with Crippen LogP contribution in [0.4, 0.5) is 0 Å². The second-order valence-electron chi connectivity index (χ2n) is 6.75. The van der Waals surface area contributed by atoms with Gasteiger partial charge >= 0.3 is 0 Å². The average molecular weight is 363 g/mol. The zero-order valence-electron chi connectivity index (χ0n) is 14.7. The van der Waals surface area contributed by atoms with Gasteiger partial charge in [0.1, 0.15) is 10.7 Å². The van der Waals surface area contributed by atoms with E-state index in [1.165, 1.54) is 24.6 Å². The Morgan fingerprint density at radius 3 is 2.50 bits per heavy atom. The number of nitrogens with zero attached hydrogens (tertiary/aromatic N) is 2. The highest BCUT2D eigenvalue weighted by molar-refractivity contribution is 8.00. The van der Waals surface area contributed by atoms with Crippen molar-refractivity contribution in [3.05, 3.63) is 54.6 Å². The summed E-state index contributed by atoms with van der Waals surface area (Å²) in [5.74, 6) is 1.09. The predicted octanol–water partition coefficient (Wildman–Crippen LogP) is 4.30. The number of fused-ring (bicyclic) bond motifs is 1. The molecule has 0 unspecified atom stereocenters. The molecule has 0 spiro atoms. The first-order valence-corrected chi connectivity index (χ1v) is 9.94. The molecule has 0 saturated heterocycles. The van der Waals surface area contributed by atoms with Gasteiger partial charge in [0.25, 0.3) is 0 Å². The lowest BCUT2D eigenvalue weighted by Crippen LogP contribution is -2.35. The van der Waals surface area contributed by atoms with Crippen molar-refractivity contribution in [2.24, 2.45) is 5.92 Å². The van der Waals surface area contributed by atoms with Crippen LogP contribution in [0.5, 0.6) is 0 Å². The molecule has 1 amide bonds. The summed E-state index contributed by atoms with van der Waals surface area (Å²) in [5.41, 5.74) is 1.92. The SMILES string of the molecule is C[C@@H](NC(=O)CSc1nnc(-c2ccccc2)c2ccccc12)C1CC1. The molecule has 1 aromatic heterocycles. The lowest BCUT2D eigenvalue weighted by Gasteiger charge is -2.13. The molecule has 4 nitrogen and oxygen atoms in total. The van der Waals surface area contributed by atoms with Gasteiger partial charge in [-0.15, -0.1) is 10.2 Å². The maximum absolute atomic E-state index is 12.2. The summed E-state index contributed by atoms with van der Waals surface area (Å²) < 4.78 is 0. The van der Waals surface area contributed by atoms with Gasteiger partial charge in [-0.3, -0.25) is 4.79 Å². The molecule has 132 valence electrons. The number of carbonyl (C=O) groups is 1. The fraction of sp³-hybridized carbons (Fsp3) is 0.286. The van der Waals surface area contributed by atoms with Gasteiger partial charge in [0.2, 0.25) is 5.91 Å². The minimum atomic E-state index is 0.0624.